The van der Waals surface area contributed by atoms with Gasteiger partial charge in [-0.15, -0.1) is 10.2 Å². The van der Waals surface area contributed by atoms with Crippen molar-refractivity contribution in [3.05, 3.63) is 24.3 Å². The number of rotatable bonds is 6. The van der Waals surface area contributed by atoms with Gasteiger partial charge in [0.25, 0.3) is 0 Å². The first kappa shape index (κ1) is 17.8. The summed E-state index contributed by atoms with van der Waals surface area (Å²) < 4.78 is 7.09. The molecule has 7 heteroatoms. The first-order valence-electron chi connectivity index (χ1n) is 8.63. The van der Waals surface area contributed by atoms with Crippen molar-refractivity contribution in [2.24, 2.45) is 7.05 Å². The molecule has 2 aromatic rings. The molecule has 1 N–H and O–H groups in total. The number of carbonyl (C=O) groups excluding carboxylic acids is 1. The van der Waals surface area contributed by atoms with Crippen LogP contribution in [0.15, 0.2) is 29.4 Å². The first-order valence-corrected chi connectivity index (χ1v) is 9.62. The van der Waals surface area contributed by atoms with Gasteiger partial charge in [-0.3, -0.25) is 4.79 Å². The third kappa shape index (κ3) is 4.54. The Hall–Kier alpha value is -2.02. The summed E-state index contributed by atoms with van der Waals surface area (Å²) in [5, 5.41) is 12.3. The molecule has 1 aromatic carbocycles. The van der Waals surface area contributed by atoms with Crippen LogP contribution in [0.2, 0.25) is 0 Å². The van der Waals surface area contributed by atoms with Crippen molar-refractivity contribution in [1.29, 1.82) is 0 Å². The van der Waals surface area contributed by atoms with Crippen molar-refractivity contribution >= 4 is 17.7 Å². The third-order valence-corrected chi connectivity index (χ3v) is 5.51. The van der Waals surface area contributed by atoms with Crippen LogP contribution >= 0.6 is 11.8 Å². The van der Waals surface area contributed by atoms with Gasteiger partial charge in [-0.1, -0.05) is 31.0 Å². The molecule has 3 rings (SSSR count). The maximum atomic E-state index is 12.1. The van der Waals surface area contributed by atoms with E-state index in [-0.39, 0.29) is 5.91 Å². The number of hydrogen-bond donors (Lipinski definition) is 1. The van der Waals surface area contributed by atoms with Crippen LogP contribution in [0.5, 0.6) is 5.75 Å². The van der Waals surface area contributed by atoms with Crippen molar-refractivity contribution in [2.75, 3.05) is 12.9 Å². The number of nitrogens with zero attached hydrogens (tertiary/aromatic N) is 3. The Kier molecular flexibility index (Phi) is 5.96. The highest BCUT2D eigenvalue weighted by Gasteiger charge is 2.17. The molecule has 0 unspecified atom stereocenters. The lowest BCUT2D eigenvalue weighted by atomic mass is 9.95. The summed E-state index contributed by atoms with van der Waals surface area (Å²) in [4.78, 5) is 12.1. The fraction of sp³-hybridized carbons (Fsp3) is 0.500. The molecule has 1 aliphatic rings. The zero-order valence-corrected chi connectivity index (χ0v) is 15.5. The summed E-state index contributed by atoms with van der Waals surface area (Å²) in [5.74, 6) is 2.02. The second-order valence-corrected chi connectivity index (χ2v) is 7.23. The zero-order chi connectivity index (χ0) is 17.6. The topological polar surface area (TPSA) is 69.0 Å². The molecule has 1 aliphatic carbocycles. The van der Waals surface area contributed by atoms with Gasteiger partial charge in [0.15, 0.2) is 11.0 Å². The number of methoxy groups -OCH3 is 1. The lowest BCUT2D eigenvalue weighted by Crippen LogP contribution is -2.37. The molecule has 0 spiro atoms. The summed E-state index contributed by atoms with van der Waals surface area (Å²) >= 11 is 1.42. The summed E-state index contributed by atoms with van der Waals surface area (Å²) in [5.41, 5.74) is 0.967. The molecule has 134 valence electrons. The van der Waals surface area contributed by atoms with Crippen molar-refractivity contribution in [3.63, 3.8) is 0 Å². The molecular weight excluding hydrogens is 336 g/mol. The molecular formula is C18H24N4O2S. The molecule has 0 atom stereocenters. The number of amides is 1. The van der Waals surface area contributed by atoms with Crippen LogP contribution in [-0.2, 0) is 11.8 Å². The number of thioether (sulfide) groups is 1. The number of nitrogens with one attached hydrogen (secondary N) is 1. The van der Waals surface area contributed by atoms with Crippen molar-refractivity contribution in [1.82, 2.24) is 20.1 Å². The van der Waals surface area contributed by atoms with Gasteiger partial charge < -0.3 is 14.6 Å². The lowest BCUT2D eigenvalue weighted by Gasteiger charge is -2.22. The molecule has 25 heavy (non-hydrogen) atoms. The van der Waals surface area contributed by atoms with Crippen molar-refractivity contribution in [2.45, 2.75) is 43.3 Å². The van der Waals surface area contributed by atoms with E-state index >= 15 is 0 Å². The average Bonchev–Trinajstić information content (AvgIpc) is 3.01. The van der Waals surface area contributed by atoms with Gasteiger partial charge in [0, 0.05) is 18.7 Å². The van der Waals surface area contributed by atoms with E-state index in [9.17, 15) is 4.79 Å². The van der Waals surface area contributed by atoms with Crippen LogP contribution in [0.1, 0.15) is 32.1 Å². The molecule has 0 bridgehead atoms. The zero-order valence-electron chi connectivity index (χ0n) is 14.7. The lowest BCUT2D eigenvalue weighted by molar-refractivity contribution is -0.119. The van der Waals surface area contributed by atoms with E-state index in [1.807, 2.05) is 35.9 Å². The van der Waals surface area contributed by atoms with Crippen LogP contribution in [-0.4, -0.2) is 39.6 Å². The van der Waals surface area contributed by atoms with Crippen LogP contribution in [0, 0.1) is 0 Å². The van der Waals surface area contributed by atoms with E-state index in [0.717, 1.165) is 35.1 Å². The van der Waals surface area contributed by atoms with Gasteiger partial charge in [-0.25, -0.2) is 0 Å². The molecule has 0 radical (unpaired) electrons. The number of hydrogen-bond acceptors (Lipinski definition) is 5. The van der Waals surface area contributed by atoms with Gasteiger partial charge in [-0.05, 0) is 37.1 Å². The van der Waals surface area contributed by atoms with Gasteiger partial charge in [0.2, 0.25) is 5.91 Å². The predicted octanol–water partition coefficient (Wildman–Crippen LogP) is 3.03. The molecule has 1 amide bonds. The van der Waals surface area contributed by atoms with E-state index < -0.39 is 0 Å². The maximum Gasteiger partial charge on any atom is 0.230 e. The van der Waals surface area contributed by atoms with Crippen LogP contribution in [0.3, 0.4) is 0 Å². The minimum atomic E-state index is 0.0749. The second kappa shape index (κ2) is 8.38. The summed E-state index contributed by atoms with van der Waals surface area (Å²) in [6.07, 6.45) is 5.91. The predicted molar refractivity (Wildman–Crippen MR) is 98.7 cm³/mol. The molecule has 1 heterocycles. The molecule has 1 fully saturated rings. The molecule has 0 aliphatic heterocycles. The highest BCUT2D eigenvalue weighted by Crippen LogP contribution is 2.24. The monoisotopic (exact) mass is 360 g/mol. The van der Waals surface area contributed by atoms with Crippen LogP contribution in [0.4, 0.5) is 0 Å². The number of benzene rings is 1. The van der Waals surface area contributed by atoms with Crippen LogP contribution in [0.25, 0.3) is 11.4 Å². The molecule has 1 saturated carbocycles. The van der Waals surface area contributed by atoms with Gasteiger partial charge in [-0.2, -0.15) is 0 Å². The Morgan fingerprint density at radius 1 is 1.24 bits per heavy atom. The minimum Gasteiger partial charge on any atom is -0.497 e. The Bertz CT molecular complexity index is 708. The van der Waals surface area contributed by atoms with E-state index in [0.29, 0.717) is 11.8 Å². The van der Waals surface area contributed by atoms with Gasteiger partial charge in [0.1, 0.15) is 5.75 Å². The standard InChI is InChI=1S/C18H24N4O2S/c1-22-17(13-8-10-15(24-2)11-9-13)20-21-18(22)25-12-16(23)19-14-6-4-3-5-7-14/h8-11,14H,3-7,12H2,1-2H3,(H,19,23). The highest BCUT2D eigenvalue weighted by molar-refractivity contribution is 7.99. The Labute approximate surface area is 152 Å². The van der Waals surface area contributed by atoms with Gasteiger partial charge >= 0.3 is 0 Å². The SMILES string of the molecule is COc1ccc(-c2nnc(SCC(=O)NC3CCCCC3)n2C)cc1. The smallest absolute Gasteiger partial charge is 0.230 e. The summed E-state index contributed by atoms with van der Waals surface area (Å²) in [6.45, 7) is 0. The second-order valence-electron chi connectivity index (χ2n) is 6.28. The Morgan fingerprint density at radius 3 is 2.64 bits per heavy atom. The number of aromatic nitrogens is 3. The summed E-state index contributed by atoms with van der Waals surface area (Å²) in [7, 11) is 3.56. The van der Waals surface area contributed by atoms with Crippen LogP contribution < -0.4 is 10.1 Å². The fourth-order valence-electron chi connectivity index (χ4n) is 3.08. The highest BCUT2D eigenvalue weighted by atomic mass is 32.2. The third-order valence-electron chi connectivity index (χ3n) is 4.49. The minimum absolute atomic E-state index is 0.0749. The van der Waals surface area contributed by atoms with E-state index in [4.69, 9.17) is 4.74 Å². The van der Waals surface area contributed by atoms with Gasteiger partial charge in [0.05, 0.1) is 12.9 Å². The normalized spacial score (nSPS) is 15.1. The van der Waals surface area contributed by atoms with E-state index in [1.165, 1.54) is 31.0 Å². The van der Waals surface area contributed by atoms with E-state index in [2.05, 4.69) is 15.5 Å². The summed E-state index contributed by atoms with van der Waals surface area (Å²) in [6, 6.07) is 8.04. The van der Waals surface area contributed by atoms with E-state index in [1.54, 1.807) is 7.11 Å². The quantitative estimate of drug-likeness (QED) is 0.802. The number of ether oxygens (including phenoxy) is 1. The molecule has 0 saturated heterocycles. The Morgan fingerprint density at radius 2 is 1.96 bits per heavy atom. The first-order chi connectivity index (χ1) is 12.2. The number of carbonyl (C=O) groups is 1. The van der Waals surface area contributed by atoms with Crippen molar-refractivity contribution in [3.8, 4) is 17.1 Å². The van der Waals surface area contributed by atoms with Crippen molar-refractivity contribution < 1.29 is 9.53 Å². The fourth-order valence-corrected chi connectivity index (χ4v) is 3.80. The average molecular weight is 360 g/mol. The Balaban J connectivity index is 1.58. The molecule has 6 nitrogen and oxygen atoms in total. The maximum absolute atomic E-state index is 12.1. The molecule has 1 aromatic heterocycles. The largest absolute Gasteiger partial charge is 0.497 e.